The molecule has 0 fully saturated rings. The van der Waals surface area contributed by atoms with Crippen LogP contribution >= 0.6 is 11.6 Å². The van der Waals surface area contributed by atoms with Gasteiger partial charge in [-0.05, 0) is 12.1 Å². The van der Waals surface area contributed by atoms with Gasteiger partial charge in [0, 0.05) is 5.56 Å². The quantitative estimate of drug-likeness (QED) is 0.451. The van der Waals surface area contributed by atoms with E-state index in [2.05, 4.69) is 20.5 Å². The summed E-state index contributed by atoms with van der Waals surface area (Å²) in [6, 6.07) is 5.05. The van der Waals surface area contributed by atoms with Crippen molar-refractivity contribution in [3.8, 4) is 11.5 Å². The van der Waals surface area contributed by atoms with Crippen molar-refractivity contribution in [1.82, 2.24) is 9.97 Å². The Morgan fingerprint density at radius 1 is 1.45 bits per heavy atom. The summed E-state index contributed by atoms with van der Waals surface area (Å²) in [5, 5.41) is 13.9. The maximum absolute atomic E-state index is 9.87. The number of hydrazone groups is 1. The van der Waals surface area contributed by atoms with Crippen molar-refractivity contribution in [1.29, 1.82) is 0 Å². The topological polar surface area (TPSA) is 106 Å². The Morgan fingerprint density at radius 2 is 2.25 bits per heavy atom. The minimum absolute atomic E-state index is 0.00533. The number of halogens is 1. The second kappa shape index (κ2) is 6.07. The van der Waals surface area contributed by atoms with Crippen LogP contribution in [0.5, 0.6) is 11.5 Å². The number of nitrogens with two attached hydrogens (primary N) is 1. The van der Waals surface area contributed by atoms with E-state index in [4.69, 9.17) is 22.1 Å². The maximum Gasteiger partial charge on any atom is 0.174 e. The minimum Gasteiger partial charge on any atom is -0.504 e. The van der Waals surface area contributed by atoms with Crippen molar-refractivity contribution in [2.75, 3.05) is 18.3 Å². The molecule has 0 aliphatic rings. The van der Waals surface area contributed by atoms with Crippen LogP contribution in [0.1, 0.15) is 5.56 Å². The molecule has 1 aromatic heterocycles. The highest BCUT2D eigenvalue weighted by molar-refractivity contribution is 6.32. The number of hydrogen-bond acceptors (Lipinski definition) is 7. The van der Waals surface area contributed by atoms with Crippen molar-refractivity contribution in [3.05, 3.63) is 35.2 Å². The lowest BCUT2D eigenvalue weighted by Crippen LogP contribution is -2.01. The zero-order chi connectivity index (χ0) is 14.5. The van der Waals surface area contributed by atoms with Gasteiger partial charge in [-0.2, -0.15) is 5.10 Å². The van der Waals surface area contributed by atoms with E-state index in [0.717, 1.165) is 0 Å². The normalized spacial score (nSPS) is 10.7. The fraction of sp³-hybridized carbons (Fsp3) is 0.0833. The summed E-state index contributed by atoms with van der Waals surface area (Å²) in [6.45, 7) is 0. The first-order valence-electron chi connectivity index (χ1n) is 5.54. The Balaban J connectivity index is 2.17. The molecule has 0 amide bonds. The summed E-state index contributed by atoms with van der Waals surface area (Å²) in [6.07, 6.45) is 2.67. The summed E-state index contributed by atoms with van der Waals surface area (Å²) in [5.74, 6) is 0.636. The van der Waals surface area contributed by atoms with Gasteiger partial charge in [-0.3, -0.25) is 5.43 Å². The number of nitrogens with zero attached hydrogens (tertiary/aromatic N) is 3. The van der Waals surface area contributed by atoms with Crippen LogP contribution in [0, 0.1) is 0 Å². The van der Waals surface area contributed by atoms with Gasteiger partial charge in [-0.1, -0.05) is 17.7 Å². The predicted molar refractivity (Wildman–Crippen MR) is 77.3 cm³/mol. The highest BCUT2D eigenvalue weighted by Crippen LogP contribution is 2.28. The number of ether oxygens (including phenoxy) is 1. The number of nitrogens with one attached hydrogen (secondary N) is 1. The molecule has 0 saturated carbocycles. The van der Waals surface area contributed by atoms with Crippen LogP contribution in [0.3, 0.4) is 0 Å². The highest BCUT2D eigenvalue weighted by Gasteiger charge is 2.06. The molecule has 7 nitrogen and oxygen atoms in total. The van der Waals surface area contributed by atoms with Crippen molar-refractivity contribution in [2.24, 2.45) is 5.10 Å². The first-order chi connectivity index (χ1) is 9.63. The third-order valence-electron chi connectivity index (χ3n) is 2.46. The third kappa shape index (κ3) is 2.89. The number of nitrogen functional groups attached to an aromatic ring is 1. The van der Waals surface area contributed by atoms with Gasteiger partial charge in [0.05, 0.1) is 13.3 Å². The number of methoxy groups -OCH3 is 1. The number of phenolic OH excluding ortho intramolecular Hbond substituents is 1. The van der Waals surface area contributed by atoms with Crippen LogP contribution in [-0.2, 0) is 0 Å². The number of phenols is 1. The van der Waals surface area contributed by atoms with Crippen molar-refractivity contribution in [3.63, 3.8) is 0 Å². The lowest BCUT2D eigenvalue weighted by Gasteiger charge is -2.06. The second-order valence-electron chi connectivity index (χ2n) is 3.69. The number of aromatic hydroxyl groups is 1. The van der Waals surface area contributed by atoms with Crippen LogP contribution in [0.15, 0.2) is 29.6 Å². The SMILES string of the molecule is COc1cccc(/C=N\Nc2ncnc(Cl)c2N)c1O. The van der Waals surface area contributed by atoms with E-state index in [1.807, 2.05) is 0 Å². The molecule has 0 radical (unpaired) electrons. The summed E-state index contributed by atoms with van der Waals surface area (Å²) in [5.41, 5.74) is 8.98. The second-order valence-corrected chi connectivity index (χ2v) is 4.05. The molecule has 104 valence electrons. The smallest absolute Gasteiger partial charge is 0.174 e. The molecule has 0 aliphatic carbocycles. The summed E-state index contributed by atoms with van der Waals surface area (Å²) in [7, 11) is 1.47. The zero-order valence-electron chi connectivity index (χ0n) is 10.5. The van der Waals surface area contributed by atoms with Gasteiger partial charge in [0.2, 0.25) is 0 Å². The van der Waals surface area contributed by atoms with Crippen molar-refractivity contribution < 1.29 is 9.84 Å². The number of para-hydroxylation sites is 1. The number of rotatable bonds is 4. The average Bonchev–Trinajstić information content (AvgIpc) is 2.45. The van der Waals surface area contributed by atoms with Crippen LogP contribution in [0.4, 0.5) is 11.5 Å². The maximum atomic E-state index is 9.87. The summed E-state index contributed by atoms with van der Waals surface area (Å²) < 4.78 is 4.99. The number of benzene rings is 1. The van der Waals surface area contributed by atoms with Gasteiger partial charge in [0.1, 0.15) is 12.0 Å². The number of aromatic nitrogens is 2. The van der Waals surface area contributed by atoms with Crippen molar-refractivity contribution >= 4 is 29.3 Å². The van der Waals surface area contributed by atoms with E-state index >= 15 is 0 Å². The van der Waals surface area contributed by atoms with Crippen LogP contribution in [0.25, 0.3) is 0 Å². The molecule has 1 aromatic carbocycles. The van der Waals surface area contributed by atoms with Crippen LogP contribution < -0.4 is 15.9 Å². The Morgan fingerprint density at radius 3 is 3.00 bits per heavy atom. The molecular weight excluding hydrogens is 282 g/mol. The van der Waals surface area contributed by atoms with E-state index in [-0.39, 0.29) is 22.4 Å². The summed E-state index contributed by atoms with van der Waals surface area (Å²) in [4.78, 5) is 7.62. The lowest BCUT2D eigenvalue weighted by molar-refractivity contribution is 0.373. The largest absolute Gasteiger partial charge is 0.504 e. The van der Waals surface area contributed by atoms with E-state index in [0.29, 0.717) is 11.3 Å². The molecular formula is C12H12ClN5O2. The van der Waals surface area contributed by atoms with Gasteiger partial charge in [0.25, 0.3) is 0 Å². The predicted octanol–water partition coefficient (Wildman–Crippen LogP) is 1.87. The fourth-order valence-corrected chi connectivity index (χ4v) is 1.57. The van der Waals surface area contributed by atoms with Crippen LogP contribution in [-0.4, -0.2) is 28.4 Å². The van der Waals surface area contributed by atoms with Gasteiger partial charge in [-0.15, -0.1) is 0 Å². The number of hydrogen-bond donors (Lipinski definition) is 3. The molecule has 20 heavy (non-hydrogen) atoms. The Bertz CT molecular complexity index is 648. The van der Waals surface area contributed by atoms with Crippen molar-refractivity contribution in [2.45, 2.75) is 0 Å². The fourth-order valence-electron chi connectivity index (χ4n) is 1.43. The van der Waals surface area contributed by atoms with Gasteiger partial charge < -0.3 is 15.6 Å². The third-order valence-corrected chi connectivity index (χ3v) is 2.76. The monoisotopic (exact) mass is 293 g/mol. The molecule has 0 atom stereocenters. The lowest BCUT2D eigenvalue weighted by atomic mass is 10.2. The first-order valence-corrected chi connectivity index (χ1v) is 5.92. The van der Waals surface area contributed by atoms with Gasteiger partial charge in [-0.25, -0.2) is 9.97 Å². The molecule has 1 heterocycles. The van der Waals surface area contributed by atoms with E-state index in [9.17, 15) is 5.11 Å². The molecule has 8 heteroatoms. The Hall–Kier alpha value is -2.54. The molecule has 0 unspecified atom stereocenters. The van der Waals surface area contributed by atoms with Crippen LogP contribution in [0.2, 0.25) is 5.15 Å². The minimum atomic E-state index is -0.00533. The summed E-state index contributed by atoms with van der Waals surface area (Å²) >= 11 is 5.75. The van der Waals surface area contributed by atoms with E-state index < -0.39 is 0 Å². The Kier molecular flexibility index (Phi) is 4.21. The molecule has 0 aliphatic heterocycles. The standard InChI is InChI=1S/C12H12ClN5O2/c1-20-8-4-2-3-7(10(8)19)5-17-18-12-9(14)11(13)15-6-16-12/h2-6,19H,14H2,1H3,(H,15,16,18)/b17-5-. The molecule has 2 aromatic rings. The van der Waals surface area contributed by atoms with E-state index in [1.54, 1.807) is 18.2 Å². The van der Waals surface area contributed by atoms with E-state index in [1.165, 1.54) is 19.7 Å². The zero-order valence-corrected chi connectivity index (χ0v) is 11.3. The Labute approximate surface area is 120 Å². The molecule has 2 rings (SSSR count). The number of anilines is 2. The first kappa shape index (κ1) is 13.9. The van der Waals surface area contributed by atoms with Gasteiger partial charge in [0.15, 0.2) is 22.5 Å². The molecule has 0 spiro atoms. The molecule has 4 N–H and O–H groups in total. The van der Waals surface area contributed by atoms with Gasteiger partial charge >= 0.3 is 0 Å². The average molecular weight is 294 g/mol. The highest BCUT2D eigenvalue weighted by atomic mass is 35.5. The molecule has 0 saturated heterocycles. The molecule has 0 bridgehead atoms.